The number of amides is 1. The Morgan fingerprint density at radius 2 is 1.62 bits per heavy atom. The Kier molecular flexibility index (Phi) is 3.80. The first-order valence-electron chi connectivity index (χ1n) is 6.04. The van der Waals surface area contributed by atoms with E-state index in [2.05, 4.69) is 0 Å². The zero-order valence-corrected chi connectivity index (χ0v) is 11.1. The molecular formula is C15H13NO5. The summed E-state index contributed by atoms with van der Waals surface area (Å²) in [6.07, 6.45) is 0. The van der Waals surface area contributed by atoms with E-state index in [1.807, 2.05) is 0 Å². The lowest BCUT2D eigenvalue weighted by Gasteiger charge is -2.18. The molecule has 0 bridgehead atoms. The van der Waals surface area contributed by atoms with Crippen LogP contribution in [-0.2, 0) is 0 Å². The maximum atomic E-state index is 12.3. The quantitative estimate of drug-likeness (QED) is 0.751. The van der Waals surface area contributed by atoms with Crippen LogP contribution in [0.25, 0.3) is 0 Å². The van der Waals surface area contributed by atoms with Gasteiger partial charge in [-0.3, -0.25) is 4.79 Å². The SMILES string of the molecule is CN(C(=O)c1cccc(O)c1O)c1ccc(C(=O)O)cc1. The number of aromatic carboxylic acids is 1. The van der Waals surface area contributed by atoms with Gasteiger partial charge in [0.2, 0.25) is 0 Å². The van der Waals surface area contributed by atoms with Crippen LogP contribution in [0.4, 0.5) is 5.69 Å². The molecule has 21 heavy (non-hydrogen) atoms. The van der Waals surface area contributed by atoms with Gasteiger partial charge in [-0.05, 0) is 36.4 Å². The number of nitrogens with zero attached hydrogens (tertiary/aromatic N) is 1. The third-order valence-electron chi connectivity index (χ3n) is 3.05. The van der Waals surface area contributed by atoms with Crippen molar-refractivity contribution in [1.82, 2.24) is 0 Å². The van der Waals surface area contributed by atoms with Crippen molar-refractivity contribution in [2.24, 2.45) is 0 Å². The van der Waals surface area contributed by atoms with Crippen molar-refractivity contribution in [1.29, 1.82) is 0 Å². The summed E-state index contributed by atoms with van der Waals surface area (Å²) in [6.45, 7) is 0. The van der Waals surface area contributed by atoms with Crippen molar-refractivity contribution >= 4 is 17.6 Å². The predicted molar refractivity (Wildman–Crippen MR) is 75.9 cm³/mol. The largest absolute Gasteiger partial charge is 0.504 e. The van der Waals surface area contributed by atoms with Gasteiger partial charge in [-0.25, -0.2) is 4.79 Å². The molecule has 2 aromatic carbocycles. The Labute approximate surface area is 120 Å². The molecule has 0 aromatic heterocycles. The van der Waals surface area contributed by atoms with Crippen LogP contribution in [0.2, 0.25) is 0 Å². The molecule has 0 atom stereocenters. The summed E-state index contributed by atoms with van der Waals surface area (Å²) in [6, 6.07) is 9.84. The molecule has 108 valence electrons. The Hall–Kier alpha value is -3.02. The van der Waals surface area contributed by atoms with Gasteiger partial charge in [0.25, 0.3) is 5.91 Å². The van der Waals surface area contributed by atoms with Crippen LogP contribution in [0.5, 0.6) is 11.5 Å². The van der Waals surface area contributed by atoms with Gasteiger partial charge in [0.1, 0.15) is 0 Å². The fourth-order valence-electron chi connectivity index (χ4n) is 1.83. The van der Waals surface area contributed by atoms with Gasteiger partial charge < -0.3 is 20.2 Å². The van der Waals surface area contributed by atoms with Crippen molar-refractivity contribution in [3.05, 3.63) is 53.6 Å². The lowest BCUT2D eigenvalue weighted by molar-refractivity contribution is 0.0696. The van der Waals surface area contributed by atoms with Crippen LogP contribution in [0.15, 0.2) is 42.5 Å². The van der Waals surface area contributed by atoms with Crippen molar-refractivity contribution in [3.63, 3.8) is 0 Å². The normalized spacial score (nSPS) is 10.1. The van der Waals surface area contributed by atoms with E-state index in [0.717, 1.165) is 0 Å². The highest BCUT2D eigenvalue weighted by atomic mass is 16.4. The Bertz CT molecular complexity index is 694. The Morgan fingerprint density at radius 1 is 1.00 bits per heavy atom. The number of carbonyl (C=O) groups excluding carboxylic acids is 1. The van der Waals surface area contributed by atoms with Crippen molar-refractivity contribution in [2.45, 2.75) is 0 Å². The van der Waals surface area contributed by atoms with Gasteiger partial charge in [-0.2, -0.15) is 0 Å². The summed E-state index contributed by atoms with van der Waals surface area (Å²) in [5.74, 6) is -2.44. The molecule has 2 aromatic rings. The average Bonchev–Trinajstić information content (AvgIpc) is 2.48. The number of phenolic OH excluding ortho intramolecular Hbond substituents is 2. The van der Waals surface area contributed by atoms with Crippen molar-refractivity contribution in [2.75, 3.05) is 11.9 Å². The van der Waals surface area contributed by atoms with E-state index in [0.29, 0.717) is 5.69 Å². The van der Waals surface area contributed by atoms with Gasteiger partial charge in [0.15, 0.2) is 11.5 Å². The van der Waals surface area contributed by atoms with Crippen LogP contribution in [0, 0.1) is 0 Å². The first-order chi connectivity index (χ1) is 9.91. The van der Waals surface area contributed by atoms with Gasteiger partial charge in [-0.1, -0.05) is 6.07 Å². The minimum atomic E-state index is -1.05. The molecule has 0 unspecified atom stereocenters. The number of phenols is 2. The summed E-state index contributed by atoms with van der Waals surface area (Å²) in [5, 5.41) is 27.9. The van der Waals surface area contributed by atoms with Crippen molar-refractivity contribution in [3.8, 4) is 11.5 Å². The molecule has 0 aliphatic carbocycles. The van der Waals surface area contributed by atoms with E-state index < -0.39 is 17.6 Å². The predicted octanol–water partition coefficient (Wildman–Crippen LogP) is 2.07. The van der Waals surface area contributed by atoms with Gasteiger partial charge in [0.05, 0.1) is 11.1 Å². The Morgan fingerprint density at radius 3 is 2.19 bits per heavy atom. The smallest absolute Gasteiger partial charge is 0.335 e. The summed E-state index contributed by atoms with van der Waals surface area (Å²) < 4.78 is 0. The molecule has 0 saturated carbocycles. The molecule has 2 rings (SSSR count). The molecule has 0 spiro atoms. The minimum absolute atomic E-state index is 0.0418. The van der Waals surface area contributed by atoms with E-state index in [-0.39, 0.29) is 16.9 Å². The standard InChI is InChI=1S/C15H13NO5/c1-16(10-7-5-9(6-8-10)15(20)21)14(19)11-3-2-4-12(17)13(11)18/h2-8,17-18H,1H3,(H,20,21). The average molecular weight is 287 g/mol. The first kappa shape index (κ1) is 14.4. The topological polar surface area (TPSA) is 98.1 Å². The molecule has 0 aliphatic rings. The first-order valence-corrected chi connectivity index (χ1v) is 6.04. The fraction of sp³-hybridized carbons (Fsp3) is 0.0667. The number of aromatic hydroxyl groups is 2. The highest BCUT2D eigenvalue weighted by molar-refractivity contribution is 6.08. The monoisotopic (exact) mass is 287 g/mol. The molecule has 0 heterocycles. The van der Waals surface area contributed by atoms with Crippen LogP contribution >= 0.6 is 0 Å². The lowest BCUT2D eigenvalue weighted by atomic mass is 10.1. The molecule has 3 N–H and O–H groups in total. The molecular weight excluding hydrogens is 274 g/mol. The Balaban J connectivity index is 2.30. The lowest BCUT2D eigenvalue weighted by Crippen LogP contribution is -2.26. The van der Waals surface area contributed by atoms with Crippen LogP contribution in [0.3, 0.4) is 0 Å². The van der Waals surface area contributed by atoms with Crippen molar-refractivity contribution < 1.29 is 24.9 Å². The minimum Gasteiger partial charge on any atom is -0.504 e. The highest BCUT2D eigenvalue weighted by Crippen LogP contribution is 2.30. The zero-order chi connectivity index (χ0) is 15.6. The molecule has 6 heteroatoms. The number of hydrogen-bond donors (Lipinski definition) is 3. The molecule has 0 radical (unpaired) electrons. The fourth-order valence-corrected chi connectivity index (χ4v) is 1.83. The number of carboxylic acids is 1. The van der Waals surface area contributed by atoms with E-state index in [1.54, 1.807) is 0 Å². The molecule has 0 aliphatic heterocycles. The van der Waals surface area contributed by atoms with Crippen LogP contribution in [0.1, 0.15) is 20.7 Å². The van der Waals surface area contributed by atoms with Gasteiger partial charge in [-0.15, -0.1) is 0 Å². The summed E-state index contributed by atoms with van der Waals surface area (Å²) >= 11 is 0. The number of rotatable bonds is 3. The number of carboxylic acid groups (broad SMARTS) is 1. The summed E-state index contributed by atoms with van der Waals surface area (Å²) in [4.78, 5) is 24.3. The number of hydrogen-bond acceptors (Lipinski definition) is 4. The molecule has 1 amide bonds. The van der Waals surface area contributed by atoms with Gasteiger partial charge >= 0.3 is 5.97 Å². The molecule has 6 nitrogen and oxygen atoms in total. The maximum Gasteiger partial charge on any atom is 0.335 e. The zero-order valence-electron chi connectivity index (χ0n) is 11.1. The third kappa shape index (κ3) is 2.79. The molecule has 0 saturated heterocycles. The van der Waals surface area contributed by atoms with E-state index in [4.69, 9.17) is 5.11 Å². The van der Waals surface area contributed by atoms with Crippen LogP contribution in [-0.4, -0.2) is 34.2 Å². The van der Waals surface area contributed by atoms with E-state index >= 15 is 0 Å². The number of benzene rings is 2. The van der Waals surface area contributed by atoms with E-state index in [9.17, 15) is 19.8 Å². The number of para-hydroxylation sites is 1. The molecule has 0 fully saturated rings. The second kappa shape index (κ2) is 5.54. The number of anilines is 1. The summed E-state index contributed by atoms with van der Waals surface area (Å²) in [5.41, 5.74) is 0.535. The second-order valence-electron chi connectivity index (χ2n) is 4.39. The summed E-state index contributed by atoms with van der Waals surface area (Å²) in [7, 11) is 1.49. The second-order valence-corrected chi connectivity index (χ2v) is 4.39. The number of carbonyl (C=O) groups is 2. The highest BCUT2D eigenvalue weighted by Gasteiger charge is 2.19. The third-order valence-corrected chi connectivity index (χ3v) is 3.05. The van der Waals surface area contributed by atoms with E-state index in [1.165, 1.54) is 54.4 Å². The van der Waals surface area contributed by atoms with Gasteiger partial charge in [0, 0.05) is 12.7 Å². The van der Waals surface area contributed by atoms with Crippen LogP contribution < -0.4 is 4.90 Å². The maximum absolute atomic E-state index is 12.3.